The summed E-state index contributed by atoms with van der Waals surface area (Å²) in [5.41, 5.74) is 3.12. The van der Waals surface area contributed by atoms with E-state index < -0.39 is 11.7 Å². The summed E-state index contributed by atoms with van der Waals surface area (Å²) in [6, 6.07) is 4.36. The molecule has 0 aliphatic rings. The Labute approximate surface area is 175 Å². The van der Waals surface area contributed by atoms with E-state index >= 15 is 0 Å². The van der Waals surface area contributed by atoms with Gasteiger partial charge in [0.05, 0.1) is 17.3 Å². The predicted octanol–water partition coefficient (Wildman–Crippen LogP) is 2.74. The molecule has 1 aromatic carbocycles. The van der Waals surface area contributed by atoms with Crippen molar-refractivity contribution < 1.29 is 19.1 Å². The van der Waals surface area contributed by atoms with Crippen LogP contribution in [-0.4, -0.2) is 53.0 Å². The van der Waals surface area contributed by atoms with Crippen molar-refractivity contribution in [3.05, 3.63) is 58.7 Å². The zero-order valence-corrected chi connectivity index (χ0v) is 17.8. The van der Waals surface area contributed by atoms with Crippen molar-refractivity contribution in [1.29, 1.82) is 0 Å². The van der Waals surface area contributed by atoms with E-state index in [4.69, 9.17) is 16.7 Å². The number of amides is 2. The number of aliphatic hydroxyl groups excluding tert-OH is 1. The van der Waals surface area contributed by atoms with E-state index in [-0.39, 0.29) is 47.9 Å². The molecule has 0 atom stereocenters. The molecule has 1 aromatic rings. The molecule has 9 heteroatoms. The Bertz CT molecular complexity index is 764. The quantitative estimate of drug-likeness (QED) is 0.304. The van der Waals surface area contributed by atoms with Gasteiger partial charge in [0.2, 0.25) is 11.8 Å². The van der Waals surface area contributed by atoms with Gasteiger partial charge in [-0.3, -0.25) is 9.59 Å². The fourth-order valence-corrected chi connectivity index (χ4v) is 2.57. The van der Waals surface area contributed by atoms with Crippen LogP contribution in [0.25, 0.3) is 0 Å². The summed E-state index contributed by atoms with van der Waals surface area (Å²) in [7, 11) is 1.65. The minimum absolute atomic E-state index is 0.0119. The number of nitrogens with one attached hydrogen (secondary N) is 2. The monoisotopic (exact) mass is 426 g/mol. The Hall–Kier alpha value is -2.58. The summed E-state index contributed by atoms with van der Waals surface area (Å²) < 4.78 is 13.9. The van der Waals surface area contributed by atoms with Crippen LogP contribution in [0.3, 0.4) is 0 Å². The molecule has 29 heavy (non-hydrogen) atoms. The fourth-order valence-electron chi connectivity index (χ4n) is 2.38. The lowest BCUT2D eigenvalue weighted by Gasteiger charge is -2.29. The van der Waals surface area contributed by atoms with Crippen LogP contribution < -0.4 is 10.7 Å². The van der Waals surface area contributed by atoms with Crippen LogP contribution in [0.4, 0.5) is 4.39 Å². The van der Waals surface area contributed by atoms with Gasteiger partial charge in [0.1, 0.15) is 12.4 Å². The molecule has 0 bridgehead atoms. The van der Waals surface area contributed by atoms with Crippen molar-refractivity contribution in [1.82, 2.24) is 20.7 Å². The number of rotatable bonds is 10. The van der Waals surface area contributed by atoms with E-state index in [1.807, 2.05) is 0 Å². The minimum Gasteiger partial charge on any atom is -0.513 e. The normalized spacial score (nSPS) is 11.8. The Balaban J connectivity index is 2.69. The molecular formula is C20H28ClFN4O3. The van der Waals surface area contributed by atoms with E-state index in [1.165, 1.54) is 35.0 Å². The first-order valence-electron chi connectivity index (χ1n) is 9.12. The molecular weight excluding hydrogens is 399 g/mol. The van der Waals surface area contributed by atoms with Crippen molar-refractivity contribution in [2.24, 2.45) is 0 Å². The Morgan fingerprint density at radius 1 is 1.31 bits per heavy atom. The Kier molecular flexibility index (Phi) is 10.2. The van der Waals surface area contributed by atoms with Gasteiger partial charge in [-0.15, -0.1) is 0 Å². The van der Waals surface area contributed by atoms with Crippen LogP contribution >= 0.6 is 11.6 Å². The van der Waals surface area contributed by atoms with Gasteiger partial charge >= 0.3 is 0 Å². The molecule has 160 valence electrons. The molecule has 0 radical (unpaired) electrons. The maximum Gasteiger partial charge on any atom is 0.244 e. The zero-order chi connectivity index (χ0) is 22.0. The number of hydrazine groups is 1. The van der Waals surface area contributed by atoms with Gasteiger partial charge in [0.25, 0.3) is 0 Å². The maximum atomic E-state index is 13.9. The summed E-state index contributed by atoms with van der Waals surface area (Å²) in [6.07, 6.45) is 4.67. The van der Waals surface area contributed by atoms with Gasteiger partial charge in [-0.1, -0.05) is 23.7 Å². The van der Waals surface area contributed by atoms with Crippen molar-refractivity contribution in [3.8, 4) is 0 Å². The third kappa shape index (κ3) is 8.53. The largest absolute Gasteiger partial charge is 0.513 e. The van der Waals surface area contributed by atoms with Gasteiger partial charge in [0.15, 0.2) is 0 Å². The number of benzene rings is 1. The molecule has 0 spiro atoms. The molecule has 0 aromatic heterocycles. The minimum atomic E-state index is -0.574. The number of aliphatic hydroxyl groups is 1. The lowest BCUT2D eigenvalue weighted by molar-refractivity contribution is -0.138. The topological polar surface area (TPSA) is 84.9 Å². The SMILES string of the molecule is CNN(/C=C/C=C(\C)O)CC(=O)N(CC(=O)NCc1cccc(Cl)c1F)C(C)C. The number of hydrogen-bond donors (Lipinski definition) is 3. The van der Waals surface area contributed by atoms with Gasteiger partial charge in [-0.05, 0) is 39.0 Å². The van der Waals surface area contributed by atoms with Crippen LogP contribution in [0.2, 0.25) is 5.02 Å². The molecule has 0 heterocycles. The van der Waals surface area contributed by atoms with Crippen molar-refractivity contribution in [3.63, 3.8) is 0 Å². The number of allylic oxidation sites excluding steroid dienone is 3. The third-order valence-corrected chi connectivity index (χ3v) is 4.25. The Morgan fingerprint density at radius 3 is 2.59 bits per heavy atom. The average Bonchev–Trinajstić information content (AvgIpc) is 2.65. The van der Waals surface area contributed by atoms with Crippen LogP contribution in [0.1, 0.15) is 26.3 Å². The highest BCUT2D eigenvalue weighted by Gasteiger charge is 2.21. The van der Waals surface area contributed by atoms with Crippen LogP contribution in [0, 0.1) is 5.82 Å². The molecule has 0 saturated heterocycles. The average molecular weight is 427 g/mol. The standard InChI is InChI=1S/C20H28ClFN4O3/c1-14(2)26(19(29)13-25(23-4)10-6-7-15(3)27)12-18(28)24-11-16-8-5-9-17(21)20(16)22/h5-10,14,23,27H,11-13H2,1-4H3,(H,24,28)/b10-6+,15-7+. The molecule has 7 nitrogen and oxygen atoms in total. The second-order valence-corrected chi connectivity index (χ2v) is 7.01. The molecule has 0 unspecified atom stereocenters. The first-order valence-corrected chi connectivity index (χ1v) is 9.50. The van der Waals surface area contributed by atoms with Crippen molar-refractivity contribution >= 4 is 23.4 Å². The van der Waals surface area contributed by atoms with Crippen LogP contribution in [-0.2, 0) is 16.1 Å². The zero-order valence-electron chi connectivity index (χ0n) is 17.1. The molecule has 0 fully saturated rings. The van der Waals surface area contributed by atoms with Crippen LogP contribution in [0.5, 0.6) is 0 Å². The Morgan fingerprint density at radius 2 is 2.00 bits per heavy atom. The smallest absolute Gasteiger partial charge is 0.244 e. The first-order chi connectivity index (χ1) is 13.6. The fraction of sp³-hybridized carbons (Fsp3) is 0.400. The number of halogens is 2. The lowest BCUT2D eigenvalue weighted by Crippen LogP contribution is -2.49. The van der Waals surface area contributed by atoms with Gasteiger partial charge < -0.3 is 20.3 Å². The predicted molar refractivity (Wildman–Crippen MR) is 111 cm³/mol. The molecule has 1 rings (SSSR count). The van der Waals surface area contributed by atoms with E-state index in [2.05, 4.69) is 10.7 Å². The summed E-state index contributed by atoms with van der Waals surface area (Å²) in [5.74, 6) is -1.11. The summed E-state index contributed by atoms with van der Waals surface area (Å²) in [5, 5.41) is 13.3. The van der Waals surface area contributed by atoms with E-state index in [0.29, 0.717) is 0 Å². The maximum absolute atomic E-state index is 13.9. The number of carbonyl (C=O) groups excluding carboxylic acids is 2. The van der Waals surface area contributed by atoms with Crippen LogP contribution in [0.15, 0.2) is 42.3 Å². The van der Waals surface area contributed by atoms with Crippen molar-refractivity contribution in [2.75, 3.05) is 20.1 Å². The molecule has 0 aliphatic carbocycles. The molecule has 0 saturated carbocycles. The molecule has 3 N–H and O–H groups in total. The van der Waals surface area contributed by atoms with E-state index in [0.717, 1.165) is 0 Å². The highest BCUT2D eigenvalue weighted by atomic mass is 35.5. The molecule has 0 aliphatic heterocycles. The number of carbonyl (C=O) groups is 2. The lowest BCUT2D eigenvalue weighted by atomic mass is 10.2. The number of hydrogen-bond acceptors (Lipinski definition) is 5. The van der Waals surface area contributed by atoms with Gasteiger partial charge in [0, 0.05) is 31.4 Å². The third-order valence-electron chi connectivity index (χ3n) is 3.96. The van der Waals surface area contributed by atoms with Gasteiger partial charge in [-0.2, -0.15) is 0 Å². The second kappa shape index (κ2) is 12.1. The highest BCUT2D eigenvalue weighted by molar-refractivity contribution is 6.30. The first kappa shape index (κ1) is 24.5. The molecule has 2 amide bonds. The summed E-state index contributed by atoms with van der Waals surface area (Å²) >= 11 is 5.74. The van der Waals surface area contributed by atoms with E-state index in [9.17, 15) is 14.0 Å². The van der Waals surface area contributed by atoms with E-state index in [1.54, 1.807) is 39.2 Å². The second-order valence-electron chi connectivity index (χ2n) is 6.61. The van der Waals surface area contributed by atoms with Gasteiger partial charge in [-0.25, -0.2) is 9.82 Å². The number of nitrogens with zero attached hydrogens (tertiary/aromatic N) is 2. The summed E-state index contributed by atoms with van der Waals surface area (Å²) in [4.78, 5) is 26.4. The summed E-state index contributed by atoms with van der Waals surface area (Å²) in [6.45, 7) is 4.95. The van der Waals surface area contributed by atoms with Crippen molar-refractivity contribution in [2.45, 2.75) is 33.4 Å². The highest BCUT2D eigenvalue weighted by Crippen LogP contribution is 2.17.